The zero-order valence-electron chi connectivity index (χ0n) is 11.4. The van der Waals surface area contributed by atoms with E-state index in [4.69, 9.17) is 4.99 Å². The molecule has 0 bridgehead atoms. The van der Waals surface area contributed by atoms with Crippen LogP contribution >= 0.6 is 0 Å². The van der Waals surface area contributed by atoms with Crippen molar-refractivity contribution in [3.05, 3.63) is 53.3 Å². The van der Waals surface area contributed by atoms with E-state index >= 15 is 0 Å². The molecule has 0 unspecified atom stereocenters. The highest BCUT2D eigenvalue weighted by Crippen LogP contribution is 2.39. The van der Waals surface area contributed by atoms with Gasteiger partial charge in [0.15, 0.2) is 0 Å². The lowest BCUT2D eigenvalue weighted by Crippen LogP contribution is -1.94. The van der Waals surface area contributed by atoms with E-state index in [0.29, 0.717) is 5.92 Å². The van der Waals surface area contributed by atoms with Crippen LogP contribution < -0.4 is 0 Å². The monoisotopic (exact) mass is 252 g/mol. The molecule has 1 fully saturated rings. The average molecular weight is 252 g/mol. The van der Waals surface area contributed by atoms with Crippen LogP contribution in [0.4, 0.5) is 5.69 Å². The second-order valence-corrected chi connectivity index (χ2v) is 5.38. The summed E-state index contributed by atoms with van der Waals surface area (Å²) >= 11 is 0. The molecule has 1 heterocycles. The Morgan fingerprint density at radius 2 is 2.00 bits per heavy atom. The molecule has 2 nitrogen and oxygen atoms in total. The van der Waals surface area contributed by atoms with E-state index in [-0.39, 0.29) is 0 Å². The van der Waals surface area contributed by atoms with Crippen LogP contribution in [0.2, 0.25) is 0 Å². The molecular formula is C17H20N2. The summed E-state index contributed by atoms with van der Waals surface area (Å²) in [7, 11) is 0. The standard InChI is InChI=1S/C17H20N2/c1-13-6-4-10-16(14-7-2-3-8-14)17(13)19-12-15-9-5-11-18-15/h4-6,9-12,14,18H,2-3,7-8H2,1H3. The number of benzene rings is 1. The Bertz CT molecular complexity index is 561. The van der Waals surface area contributed by atoms with E-state index in [9.17, 15) is 0 Å². The SMILES string of the molecule is Cc1cccc(C2CCCC2)c1N=Cc1ccc[nH]1. The van der Waals surface area contributed by atoms with Crippen molar-refractivity contribution >= 4 is 11.9 Å². The van der Waals surface area contributed by atoms with Crippen LogP contribution in [-0.4, -0.2) is 11.2 Å². The Balaban J connectivity index is 1.94. The summed E-state index contributed by atoms with van der Waals surface area (Å²) in [6, 6.07) is 10.6. The number of hydrogen-bond donors (Lipinski definition) is 1. The van der Waals surface area contributed by atoms with E-state index < -0.39 is 0 Å². The Labute approximate surface area is 114 Å². The summed E-state index contributed by atoms with van der Waals surface area (Å²) in [6.45, 7) is 2.15. The van der Waals surface area contributed by atoms with Crippen molar-refractivity contribution in [1.29, 1.82) is 0 Å². The van der Waals surface area contributed by atoms with Crippen molar-refractivity contribution in [3.8, 4) is 0 Å². The molecule has 98 valence electrons. The molecule has 0 aliphatic heterocycles. The highest BCUT2D eigenvalue weighted by molar-refractivity contribution is 5.80. The van der Waals surface area contributed by atoms with Gasteiger partial charge in [0.2, 0.25) is 0 Å². The number of aromatic nitrogens is 1. The van der Waals surface area contributed by atoms with Gasteiger partial charge in [-0.05, 0) is 48.9 Å². The van der Waals surface area contributed by atoms with Crippen LogP contribution in [0.15, 0.2) is 41.5 Å². The molecule has 3 rings (SSSR count). The molecule has 1 saturated carbocycles. The first-order chi connectivity index (χ1) is 9.34. The number of hydrogen-bond acceptors (Lipinski definition) is 1. The first-order valence-electron chi connectivity index (χ1n) is 7.11. The predicted octanol–water partition coefficient (Wildman–Crippen LogP) is 4.73. The molecule has 2 aromatic rings. The molecule has 0 spiro atoms. The fraction of sp³-hybridized carbons (Fsp3) is 0.353. The predicted molar refractivity (Wildman–Crippen MR) is 80.4 cm³/mol. The molecule has 1 aliphatic rings. The summed E-state index contributed by atoms with van der Waals surface area (Å²) in [5.41, 5.74) is 4.93. The lowest BCUT2D eigenvalue weighted by atomic mass is 9.94. The minimum Gasteiger partial charge on any atom is -0.360 e. The first-order valence-corrected chi connectivity index (χ1v) is 7.11. The van der Waals surface area contributed by atoms with E-state index in [1.165, 1.54) is 42.5 Å². The topological polar surface area (TPSA) is 28.1 Å². The Morgan fingerprint density at radius 3 is 2.74 bits per heavy atom. The number of aliphatic imine (C=N–C) groups is 1. The molecule has 1 aromatic carbocycles. The molecule has 0 atom stereocenters. The minimum atomic E-state index is 0.704. The molecule has 1 aromatic heterocycles. The highest BCUT2D eigenvalue weighted by atomic mass is 14.8. The maximum absolute atomic E-state index is 4.74. The third-order valence-electron chi connectivity index (χ3n) is 4.02. The second-order valence-electron chi connectivity index (χ2n) is 5.38. The maximum atomic E-state index is 4.74. The van der Waals surface area contributed by atoms with Crippen molar-refractivity contribution < 1.29 is 0 Å². The summed E-state index contributed by atoms with van der Waals surface area (Å²) < 4.78 is 0. The molecule has 1 aliphatic carbocycles. The largest absolute Gasteiger partial charge is 0.360 e. The van der Waals surface area contributed by atoms with Crippen LogP contribution in [0.3, 0.4) is 0 Å². The summed E-state index contributed by atoms with van der Waals surface area (Å²) in [6.07, 6.45) is 9.21. The number of nitrogens with one attached hydrogen (secondary N) is 1. The van der Waals surface area contributed by atoms with Gasteiger partial charge in [0.1, 0.15) is 0 Å². The van der Waals surface area contributed by atoms with Gasteiger partial charge >= 0.3 is 0 Å². The van der Waals surface area contributed by atoms with Crippen LogP contribution in [0.1, 0.15) is 48.4 Å². The minimum absolute atomic E-state index is 0.704. The molecule has 1 N–H and O–H groups in total. The maximum Gasteiger partial charge on any atom is 0.0694 e. The first kappa shape index (κ1) is 12.2. The van der Waals surface area contributed by atoms with Gasteiger partial charge < -0.3 is 4.98 Å². The average Bonchev–Trinajstić information content (AvgIpc) is 3.10. The fourth-order valence-corrected chi connectivity index (χ4v) is 2.98. The number of aromatic amines is 1. The molecule has 19 heavy (non-hydrogen) atoms. The number of H-pyrrole nitrogens is 1. The third kappa shape index (κ3) is 2.62. The number of para-hydroxylation sites is 1. The van der Waals surface area contributed by atoms with Gasteiger partial charge in [0, 0.05) is 6.20 Å². The van der Waals surface area contributed by atoms with Gasteiger partial charge in [-0.15, -0.1) is 0 Å². The Morgan fingerprint density at radius 1 is 1.16 bits per heavy atom. The van der Waals surface area contributed by atoms with E-state index in [1.807, 2.05) is 24.5 Å². The summed E-state index contributed by atoms with van der Waals surface area (Å²) in [4.78, 5) is 7.90. The molecule has 0 radical (unpaired) electrons. The van der Waals surface area contributed by atoms with Gasteiger partial charge in [0.25, 0.3) is 0 Å². The van der Waals surface area contributed by atoms with Gasteiger partial charge in [-0.3, -0.25) is 4.99 Å². The van der Waals surface area contributed by atoms with E-state index in [2.05, 4.69) is 30.1 Å². The van der Waals surface area contributed by atoms with Crippen LogP contribution in [0.5, 0.6) is 0 Å². The lowest BCUT2D eigenvalue weighted by Gasteiger charge is -2.14. The van der Waals surface area contributed by atoms with Crippen molar-refractivity contribution in [3.63, 3.8) is 0 Å². The lowest BCUT2D eigenvalue weighted by molar-refractivity contribution is 0.723. The van der Waals surface area contributed by atoms with Crippen molar-refractivity contribution in [2.75, 3.05) is 0 Å². The molecule has 0 saturated heterocycles. The molecular weight excluding hydrogens is 232 g/mol. The number of rotatable bonds is 3. The fourth-order valence-electron chi connectivity index (χ4n) is 2.98. The van der Waals surface area contributed by atoms with Gasteiger partial charge in [0.05, 0.1) is 17.6 Å². The number of aryl methyl sites for hydroxylation is 1. The third-order valence-corrected chi connectivity index (χ3v) is 4.02. The van der Waals surface area contributed by atoms with Gasteiger partial charge in [-0.2, -0.15) is 0 Å². The zero-order chi connectivity index (χ0) is 13.1. The van der Waals surface area contributed by atoms with Crippen molar-refractivity contribution in [2.24, 2.45) is 4.99 Å². The van der Waals surface area contributed by atoms with Crippen LogP contribution in [0.25, 0.3) is 0 Å². The second kappa shape index (κ2) is 5.43. The number of nitrogens with zero attached hydrogens (tertiary/aromatic N) is 1. The van der Waals surface area contributed by atoms with Crippen molar-refractivity contribution in [1.82, 2.24) is 4.98 Å². The summed E-state index contributed by atoms with van der Waals surface area (Å²) in [5, 5.41) is 0. The van der Waals surface area contributed by atoms with E-state index in [1.54, 1.807) is 0 Å². The van der Waals surface area contributed by atoms with Crippen LogP contribution in [0, 0.1) is 6.92 Å². The van der Waals surface area contributed by atoms with E-state index in [0.717, 1.165) is 5.69 Å². The Hall–Kier alpha value is -1.83. The van der Waals surface area contributed by atoms with Gasteiger partial charge in [-0.25, -0.2) is 0 Å². The normalized spacial score (nSPS) is 16.5. The molecule has 2 heteroatoms. The van der Waals surface area contributed by atoms with Crippen molar-refractivity contribution in [2.45, 2.75) is 38.5 Å². The smallest absolute Gasteiger partial charge is 0.0694 e. The van der Waals surface area contributed by atoms with Gasteiger partial charge in [-0.1, -0.05) is 31.0 Å². The Kier molecular flexibility index (Phi) is 3.49. The summed E-state index contributed by atoms with van der Waals surface area (Å²) in [5.74, 6) is 0.704. The zero-order valence-corrected chi connectivity index (χ0v) is 11.4. The van der Waals surface area contributed by atoms with Crippen LogP contribution in [-0.2, 0) is 0 Å². The molecule has 0 amide bonds. The highest BCUT2D eigenvalue weighted by Gasteiger charge is 2.20. The quantitative estimate of drug-likeness (QED) is 0.765.